The number of fused-ring (bicyclic) bond motifs is 1. The van der Waals surface area contributed by atoms with Crippen LogP contribution in [0.15, 0.2) is 58.3 Å². The Morgan fingerprint density at radius 2 is 1.76 bits per heavy atom. The van der Waals surface area contributed by atoms with Crippen molar-refractivity contribution in [1.82, 2.24) is 10.2 Å². The van der Waals surface area contributed by atoms with Gasteiger partial charge in [0.2, 0.25) is 5.91 Å². The molecule has 198 valence electrons. The van der Waals surface area contributed by atoms with Crippen molar-refractivity contribution in [1.29, 1.82) is 0 Å². The standard InChI is InChI=1S/C28H32F3N3O2S/c1-19-14-20(2)17-33(16-19)13-5-12-32-26(35)18-34-23-6-3-4-7-24(23)37-25(27(34)36)15-21-8-10-22(11-9-21)28(29,30)31/h3-4,6-11,15,19-20H,5,12-14,16-18H2,1-2H3,(H,32,35)/b25-15-/t19-,20-/m0/s1. The summed E-state index contributed by atoms with van der Waals surface area (Å²) in [5.74, 6) is 0.775. The minimum absolute atomic E-state index is 0.126. The zero-order valence-corrected chi connectivity index (χ0v) is 21.9. The normalized spacial score (nSPS) is 21.7. The SMILES string of the molecule is C[C@H]1C[C@H](C)CN(CCCNC(=O)CN2C(=O)/C(=C/c3ccc(C(F)(F)F)cc3)Sc3ccccc32)C1. The summed E-state index contributed by atoms with van der Waals surface area (Å²) < 4.78 is 38.7. The van der Waals surface area contributed by atoms with Crippen molar-refractivity contribution in [2.24, 2.45) is 11.8 Å². The number of thioether (sulfide) groups is 1. The van der Waals surface area contributed by atoms with Crippen LogP contribution in [0.2, 0.25) is 0 Å². The number of hydrogen-bond acceptors (Lipinski definition) is 4. The molecule has 2 aliphatic heterocycles. The molecule has 1 saturated heterocycles. The highest BCUT2D eigenvalue weighted by Gasteiger charge is 2.32. The van der Waals surface area contributed by atoms with Gasteiger partial charge in [-0.25, -0.2) is 0 Å². The predicted octanol–water partition coefficient (Wildman–Crippen LogP) is 5.67. The van der Waals surface area contributed by atoms with Gasteiger partial charge >= 0.3 is 6.18 Å². The van der Waals surface area contributed by atoms with Crippen LogP contribution in [0.4, 0.5) is 18.9 Å². The molecule has 9 heteroatoms. The number of nitrogens with zero attached hydrogens (tertiary/aromatic N) is 2. The lowest BCUT2D eigenvalue weighted by atomic mass is 9.92. The average Bonchev–Trinajstić information content (AvgIpc) is 2.83. The number of likely N-dealkylation sites (tertiary alicyclic amines) is 1. The fourth-order valence-electron chi connectivity index (χ4n) is 5.04. The number of hydrogen-bond donors (Lipinski definition) is 1. The van der Waals surface area contributed by atoms with Crippen LogP contribution in [-0.4, -0.2) is 49.4 Å². The first-order valence-electron chi connectivity index (χ1n) is 12.6. The van der Waals surface area contributed by atoms with Gasteiger partial charge in [-0.3, -0.25) is 14.5 Å². The molecule has 0 saturated carbocycles. The number of rotatable bonds is 7. The first-order chi connectivity index (χ1) is 17.6. The third kappa shape index (κ3) is 7.17. The van der Waals surface area contributed by atoms with Crippen molar-refractivity contribution in [3.63, 3.8) is 0 Å². The van der Waals surface area contributed by atoms with E-state index in [1.807, 2.05) is 18.2 Å². The molecule has 2 heterocycles. The topological polar surface area (TPSA) is 52.7 Å². The summed E-state index contributed by atoms with van der Waals surface area (Å²) >= 11 is 1.25. The molecule has 0 spiro atoms. The van der Waals surface area contributed by atoms with Crippen LogP contribution in [0.1, 0.15) is 37.8 Å². The first kappa shape index (κ1) is 27.3. The smallest absolute Gasteiger partial charge is 0.355 e. The second-order valence-corrected chi connectivity index (χ2v) is 11.1. The van der Waals surface area contributed by atoms with E-state index < -0.39 is 11.7 Å². The van der Waals surface area contributed by atoms with Crippen LogP contribution >= 0.6 is 11.8 Å². The fraction of sp³-hybridized carbons (Fsp3) is 0.429. The van der Waals surface area contributed by atoms with E-state index >= 15 is 0 Å². The van der Waals surface area contributed by atoms with Gasteiger partial charge in [-0.1, -0.05) is 49.9 Å². The monoisotopic (exact) mass is 531 g/mol. The van der Waals surface area contributed by atoms with E-state index in [9.17, 15) is 22.8 Å². The quantitative estimate of drug-likeness (QED) is 0.370. The molecule has 2 amide bonds. The second kappa shape index (κ2) is 11.7. The summed E-state index contributed by atoms with van der Waals surface area (Å²) in [6.07, 6.45) is -0.764. The van der Waals surface area contributed by atoms with Crippen LogP contribution < -0.4 is 10.2 Å². The Labute approximate surface area is 220 Å². The number of piperidine rings is 1. The maximum Gasteiger partial charge on any atom is 0.416 e. The maximum atomic E-state index is 13.3. The Hall–Kier alpha value is -2.78. The zero-order chi connectivity index (χ0) is 26.6. The van der Waals surface area contributed by atoms with E-state index in [2.05, 4.69) is 24.1 Å². The summed E-state index contributed by atoms with van der Waals surface area (Å²) in [7, 11) is 0. The molecule has 0 unspecified atom stereocenters. The van der Waals surface area contributed by atoms with Crippen LogP contribution in [0.3, 0.4) is 0 Å². The first-order valence-corrected chi connectivity index (χ1v) is 13.4. The van der Waals surface area contributed by atoms with Crippen molar-refractivity contribution in [3.8, 4) is 0 Å². The van der Waals surface area contributed by atoms with Crippen LogP contribution in [0.5, 0.6) is 0 Å². The summed E-state index contributed by atoms with van der Waals surface area (Å²) in [6.45, 7) is 8.06. The lowest BCUT2D eigenvalue weighted by Gasteiger charge is -2.35. The Kier molecular flexibility index (Phi) is 8.64. The molecule has 0 aliphatic carbocycles. The van der Waals surface area contributed by atoms with Gasteiger partial charge in [-0.05, 0) is 67.1 Å². The molecule has 2 atom stereocenters. The van der Waals surface area contributed by atoms with Crippen molar-refractivity contribution in [3.05, 3.63) is 64.6 Å². The van der Waals surface area contributed by atoms with Crippen LogP contribution in [0, 0.1) is 11.8 Å². The number of alkyl halides is 3. The van der Waals surface area contributed by atoms with Crippen molar-refractivity contribution < 1.29 is 22.8 Å². The van der Waals surface area contributed by atoms with Gasteiger partial charge < -0.3 is 10.2 Å². The highest BCUT2D eigenvalue weighted by molar-refractivity contribution is 8.04. The molecule has 0 bridgehead atoms. The van der Waals surface area contributed by atoms with Gasteiger partial charge in [0.1, 0.15) is 6.54 Å². The molecule has 37 heavy (non-hydrogen) atoms. The highest BCUT2D eigenvalue weighted by Crippen LogP contribution is 2.42. The Bertz CT molecular complexity index is 1140. The number of amides is 2. The third-order valence-corrected chi connectivity index (χ3v) is 7.66. The molecule has 0 aromatic heterocycles. The molecule has 1 fully saturated rings. The minimum atomic E-state index is -4.42. The molecule has 2 aromatic rings. The van der Waals surface area contributed by atoms with E-state index in [0.29, 0.717) is 34.5 Å². The molecule has 4 rings (SSSR count). The van der Waals surface area contributed by atoms with E-state index in [1.54, 1.807) is 12.1 Å². The van der Waals surface area contributed by atoms with E-state index in [1.165, 1.54) is 35.2 Å². The van der Waals surface area contributed by atoms with Crippen LogP contribution in [-0.2, 0) is 15.8 Å². The Morgan fingerprint density at radius 1 is 1.08 bits per heavy atom. The summed E-state index contributed by atoms with van der Waals surface area (Å²) in [5.41, 5.74) is 0.382. The average molecular weight is 532 g/mol. The highest BCUT2D eigenvalue weighted by atomic mass is 32.2. The number of benzene rings is 2. The van der Waals surface area contributed by atoms with E-state index in [4.69, 9.17) is 0 Å². The summed E-state index contributed by atoms with van der Waals surface area (Å²) in [4.78, 5) is 31.1. The molecular weight excluding hydrogens is 499 g/mol. The van der Waals surface area contributed by atoms with E-state index in [0.717, 1.165) is 43.1 Å². The number of halogens is 3. The maximum absolute atomic E-state index is 13.3. The van der Waals surface area contributed by atoms with Gasteiger partial charge in [0.05, 0.1) is 16.2 Å². The van der Waals surface area contributed by atoms with Gasteiger partial charge in [0.15, 0.2) is 0 Å². The number of carbonyl (C=O) groups excluding carboxylic acids is 2. The van der Waals surface area contributed by atoms with Gasteiger partial charge in [0, 0.05) is 24.5 Å². The largest absolute Gasteiger partial charge is 0.416 e. The Balaban J connectivity index is 1.39. The predicted molar refractivity (Wildman–Crippen MR) is 141 cm³/mol. The molecule has 1 N–H and O–H groups in total. The zero-order valence-electron chi connectivity index (χ0n) is 21.1. The lowest BCUT2D eigenvalue weighted by molar-refractivity contribution is -0.137. The van der Waals surface area contributed by atoms with Gasteiger partial charge in [0.25, 0.3) is 5.91 Å². The van der Waals surface area contributed by atoms with Crippen molar-refractivity contribution in [2.45, 2.75) is 37.8 Å². The van der Waals surface area contributed by atoms with Gasteiger partial charge in [-0.15, -0.1) is 0 Å². The number of anilines is 1. The van der Waals surface area contributed by atoms with Crippen molar-refractivity contribution in [2.75, 3.05) is 37.6 Å². The molecule has 2 aliphatic rings. The van der Waals surface area contributed by atoms with Crippen LogP contribution in [0.25, 0.3) is 6.08 Å². The lowest BCUT2D eigenvalue weighted by Crippen LogP contribution is -2.43. The fourth-order valence-corrected chi connectivity index (χ4v) is 6.10. The number of carbonyl (C=O) groups is 2. The van der Waals surface area contributed by atoms with Gasteiger partial charge in [-0.2, -0.15) is 13.2 Å². The second-order valence-electron chi connectivity index (χ2n) is 10.00. The Morgan fingerprint density at radius 3 is 2.43 bits per heavy atom. The number of para-hydroxylation sites is 1. The molecule has 2 aromatic carbocycles. The third-order valence-electron chi connectivity index (χ3n) is 6.59. The van der Waals surface area contributed by atoms with Crippen molar-refractivity contribution >= 4 is 35.3 Å². The summed E-state index contributed by atoms with van der Waals surface area (Å²) in [6, 6.07) is 12.0. The molecule has 5 nitrogen and oxygen atoms in total. The number of nitrogens with one attached hydrogen (secondary N) is 1. The summed E-state index contributed by atoms with van der Waals surface area (Å²) in [5, 5.41) is 2.94. The minimum Gasteiger partial charge on any atom is -0.355 e. The van der Waals surface area contributed by atoms with E-state index in [-0.39, 0.29) is 18.4 Å². The molecular formula is C28H32F3N3O2S. The molecule has 0 radical (unpaired) electrons.